The Morgan fingerprint density at radius 1 is 1.57 bits per heavy atom. The lowest BCUT2D eigenvalue weighted by molar-refractivity contribution is 0.0680. The van der Waals surface area contributed by atoms with Gasteiger partial charge in [-0.1, -0.05) is 0 Å². The van der Waals surface area contributed by atoms with Crippen molar-refractivity contribution in [2.45, 2.75) is 26.8 Å². The molecule has 0 aliphatic rings. The molecule has 1 aromatic heterocycles. The van der Waals surface area contributed by atoms with Crippen molar-refractivity contribution < 1.29 is 9.90 Å². The molecule has 76 valence electrons. The molecule has 0 saturated heterocycles. The Morgan fingerprint density at radius 2 is 2.14 bits per heavy atom. The maximum Gasteiger partial charge on any atom is 0.353 e. The molecule has 0 unspecified atom stereocenters. The first-order chi connectivity index (χ1) is 6.45. The molecule has 1 rings (SSSR count). The Balaban J connectivity index is 3.54. The molecule has 0 radical (unpaired) electrons. The topological polar surface area (TPSA) is 72.2 Å². The molecule has 0 fully saturated rings. The van der Waals surface area contributed by atoms with Crippen molar-refractivity contribution >= 4 is 5.97 Å². The number of hydrogen-bond donors (Lipinski definition) is 1. The minimum atomic E-state index is -1.10. The highest BCUT2D eigenvalue weighted by Gasteiger charge is 2.16. The van der Waals surface area contributed by atoms with Crippen LogP contribution in [0.5, 0.6) is 0 Å². The van der Waals surface area contributed by atoms with E-state index in [2.05, 4.69) is 4.98 Å². The predicted octanol–water partition coefficient (Wildman–Crippen LogP) is 0.831. The van der Waals surface area contributed by atoms with Crippen molar-refractivity contribution in [2.75, 3.05) is 0 Å². The van der Waals surface area contributed by atoms with Crippen LogP contribution in [0, 0.1) is 6.92 Å². The average Bonchev–Trinajstić information content (AvgIpc) is 2.08. The SMILES string of the molecule is Cc1c(C(=O)O)n(C(C)C)cnc1=O. The molecular formula is C9H12N2O3. The minimum absolute atomic E-state index is 0.0139. The number of rotatable bonds is 2. The number of aromatic carboxylic acids is 1. The van der Waals surface area contributed by atoms with Gasteiger partial charge in [-0.15, -0.1) is 0 Å². The summed E-state index contributed by atoms with van der Waals surface area (Å²) in [7, 11) is 0. The zero-order valence-electron chi connectivity index (χ0n) is 8.31. The summed E-state index contributed by atoms with van der Waals surface area (Å²) in [5.41, 5.74) is -0.298. The third kappa shape index (κ3) is 1.66. The van der Waals surface area contributed by atoms with Crippen molar-refractivity contribution in [1.29, 1.82) is 0 Å². The Labute approximate surface area is 81.0 Å². The quantitative estimate of drug-likeness (QED) is 0.760. The van der Waals surface area contributed by atoms with E-state index in [1.807, 2.05) is 13.8 Å². The smallest absolute Gasteiger partial charge is 0.353 e. The molecule has 0 saturated carbocycles. The van der Waals surface area contributed by atoms with E-state index < -0.39 is 11.5 Å². The van der Waals surface area contributed by atoms with Gasteiger partial charge in [-0.2, -0.15) is 4.98 Å². The van der Waals surface area contributed by atoms with E-state index in [-0.39, 0.29) is 17.3 Å². The Kier molecular flexibility index (Phi) is 2.69. The number of carboxylic acids is 1. The van der Waals surface area contributed by atoms with Gasteiger partial charge in [0.05, 0.1) is 6.33 Å². The monoisotopic (exact) mass is 196 g/mol. The van der Waals surface area contributed by atoms with Gasteiger partial charge in [0, 0.05) is 11.6 Å². The maximum absolute atomic E-state index is 11.1. The number of aromatic nitrogens is 2. The Morgan fingerprint density at radius 3 is 2.57 bits per heavy atom. The highest BCUT2D eigenvalue weighted by Crippen LogP contribution is 2.09. The summed E-state index contributed by atoms with van der Waals surface area (Å²) >= 11 is 0. The van der Waals surface area contributed by atoms with Gasteiger partial charge < -0.3 is 9.67 Å². The first-order valence-corrected chi connectivity index (χ1v) is 4.26. The van der Waals surface area contributed by atoms with Crippen LogP contribution in [-0.4, -0.2) is 20.6 Å². The third-order valence-corrected chi connectivity index (χ3v) is 1.99. The zero-order chi connectivity index (χ0) is 10.9. The van der Waals surface area contributed by atoms with Crippen LogP contribution in [0.1, 0.15) is 35.9 Å². The molecule has 0 aliphatic carbocycles. The van der Waals surface area contributed by atoms with Gasteiger partial charge in [-0.3, -0.25) is 4.79 Å². The standard InChI is InChI=1S/C9H12N2O3/c1-5(2)11-4-10-8(12)6(3)7(11)9(13)14/h4-5H,1-3H3,(H,13,14). The summed E-state index contributed by atoms with van der Waals surface area (Å²) in [6.07, 6.45) is 1.27. The van der Waals surface area contributed by atoms with Gasteiger partial charge >= 0.3 is 5.97 Å². The van der Waals surface area contributed by atoms with Crippen molar-refractivity contribution in [3.05, 3.63) is 27.9 Å². The molecule has 5 nitrogen and oxygen atoms in total. The van der Waals surface area contributed by atoms with E-state index in [0.717, 1.165) is 0 Å². The van der Waals surface area contributed by atoms with Gasteiger partial charge in [-0.05, 0) is 20.8 Å². The van der Waals surface area contributed by atoms with E-state index in [9.17, 15) is 9.59 Å². The molecule has 0 amide bonds. The van der Waals surface area contributed by atoms with Gasteiger partial charge in [0.1, 0.15) is 5.69 Å². The lowest BCUT2D eigenvalue weighted by atomic mass is 10.2. The van der Waals surface area contributed by atoms with E-state index in [0.29, 0.717) is 0 Å². The summed E-state index contributed by atoms with van der Waals surface area (Å²) in [6.45, 7) is 5.13. The Hall–Kier alpha value is -1.65. The first-order valence-electron chi connectivity index (χ1n) is 4.26. The lowest BCUT2D eigenvalue weighted by Gasteiger charge is -2.14. The van der Waals surface area contributed by atoms with Gasteiger partial charge in [0.15, 0.2) is 0 Å². The van der Waals surface area contributed by atoms with Crippen molar-refractivity contribution in [1.82, 2.24) is 9.55 Å². The average molecular weight is 196 g/mol. The van der Waals surface area contributed by atoms with E-state index in [1.54, 1.807) is 0 Å². The fraction of sp³-hybridized carbons (Fsp3) is 0.444. The summed E-state index contributed by atoms with van der Waals surface area (Å²) in [6, 6.07) is -0.0344. The number of hydrogen-bond acceptors (Lipinski definition) is 3. The zero-order valence-corrected chi connectivity index (χ0v) is 8.31. The second-order valence-corrected chi connectivity index (χ2v) is 3.33. The van der Waals surface area contributed by atoms with Crippen LogP contribution in [0.15, 0.2) is 11.1 Å². The van der Waals surface area contributed by atoms with E-state index in [1.165, 1.54) is 17.8 Å². The molecule has 0 spiro atoms. The molecule has 1 N–H and O–H groups in total. The third-order valence-electron chi connectivity index (χ3n) is 1.99. The molecule has 0 aliphatic heterocycles. The van der Waals surface area contributed by atoms with Crippen molar-refractivity contribution in [3.8, 4) is 0 Å². The molecular weight excluding hydrogens is 184 g/mol. The number of carboxylic acid groups (broad SMARTS) is 1. The van der Waals surface area contributed by atoms with Crippen LogP contribution in [0.25, 0.3) is 0 Å². The second kappa shape index (κ2) is 3.61. The number of nitrogens with zero attached hydrogens (tertiary/aromatic N) is 2. The minimum Gasteiger partial charge on any atom is -0.477 e. The molecule has 1 aromatic rings. The summed E-state index contributed by atoms with van der Waals surface area (Å²) in [4.78, 5) is 25.6. The lowest BCUT2D eigenvalue weighted by Crippen LogP contribution is -2.23. The highest BCUT2D eigenvalue weighted by molar-refractivity contribution is 5.87. The van der Waals surface area contributed by atoms with E-state index in [4.69, 9.17) is 5.11 Å². The van der Waals surface area contributed by atoms with Crippen LogP contribution in [0.2, 0.25) is 0 Å². The van der Waals surface area contributed by atoms with Crippen LogP contribution in [0.4, 0.5) is 0 Å². The van der Waals surface area contributed by atoms with Gasteiger partial charge in [0.25, 0.3) is 5.56 Å². The van der Waals surface area contributed by atoms with Crippen LogP contribution in [-0.2, 0) is 0 Å². The molecule has 5 heteroatoms. The Bertz CT molecular complexity index is 421. The molecule has 0 bridgehead atoms. The largest absolute Gasteiger partial charge is 0.477 e. The normalized spacial score (nSPS) is 10.6. The summed E-state index contributed by atoms with van der Waals surface area (Å²) in [5, 5.41) is 8.93. The summed E-state index contributed by atoms with van der Waals surface area (Å²) < 4.78 is 1.47. The maximum atomic E-state index is 11.1. The van der Waals surface area contributed by atoms with Gasteiger partial charge in [0.2, 0.25) is 0 Å². The summed E-state index contributed by atoms with van der Waals surface area (Å²) in [5.74, 6) is -1.10. The van der Waals surface area contributed by atoms with Crippen molar-refractivity contribution in [2.24, 2.45) is 0 Å². The fourth-order valence-electron chi connectivity index (χ4n) is 1.23. The van der Waals surface area contributed by atoms with Crippen molar-refractivity contribution in [3.63, 3.8) is 0 Å². The first kappa shape index (κ1) is 10.4. The van der Waals surface area contributed by atoms with Gasteiger partial charge in [-0.25, -0.2) is 4.79 Å². The molecule has 1 heterocycles. The van der Waals surface area contributed by atoms with Crippen LogP contribution >= 0.6 is 0 Å². The number of carbonyl (C=O) groups is 1. The molecule has 14 heavy (non-hydrogen) atoms. The molecule has 0 atom stereocenters. The fourth-order valence-corrected chi connectivity index (χ4v) is 1.23. The molecule has 0 aromatic carbocycles. The predicted molar refractivity (Wildman–Crippen MR) is 50.6 cm³/mol. The second-order valence-electron chi connectivity index (χ2n) is 3.33. The highest BCUT2D eigenvalue weighted by atomic mass is 16.4. The van der Waals surface area contributed by atoms with E-state index >= 15 is 0 Å². The van der Waals surface area contributed by atoms with Crippen LogP contribution < -0.4 is 5.56 Å². The van der Waals surface area contributed by atoms with Crippen LogP contribution in [0.3, 0.4) is 0 Å².